The predicted molar refractivity (Wildman–Crippen MR) is 110 cm³/mol. The zero-order chi connectivity index (χ0) is 19.3. The summed E-state index contributed by atoms with van der Waals surface area (Å²) in [7, 11) is 0. The van der Waals surface area contributed by atoms with Crippen LogP contribution in [0.25, 0.3) is 10.8 Å². The summed E-state index contributed by atoms with van der Waals surface area (Å²) >= 11 is 0. The first-order valence-electron chi connectivity index (χ1n) is 9.78. The van der Waals surface area contributed by atoms with Gasteiger partial charge in [-0.15, -0.1) is 0 Å². The lowest BCUT2D eigenvalue weighted by atomic mass is 9.97. The minimum atomic E-state index is -0.779. The molecule has 1 aliphatic rings. The smallest absolute Gasteiger partial charge is 0.325 e. The molecule has 2 aromatic carbocycles. The topological polar surface area (TPSA) is 56.7 Å². The van der Waals surface area contributed by atoms with Gasteiger partial charge in [0, 0.05) is 38.6 Å². The van der Waals surface area contributed by atoms with Gasteiger partial charge in [0.05, 0.1) is 0 Å². The fraction of sp³-hybridized carbons (Fsp3) is 0.304. The Morgan fingerprint density at radius 3 is 2.57 bits per heavy atom. The molecule has 1 saturated heterocycles. The van der Waals surface area contributed by atoms with E-state index < -0.39 is 12.0 Å². The van der Waals surface area contributed by atoms with E-state index in [1.807, 2.05) is 67.0 Å². The standard InChI is InChI=1S/C23H25N3O2/c27-23(28)22(21-8-3-6-19-5-1-2-7-20(19)21)26-14-4-13-25(15-16-26)17-18-9-11-24-12-10-18/h1-3,5-12,22H,4,13-17H2,(H,27,28). The first-order chi connectivity index (χ1) is 13.7. The number of benzene rings is 2. The highest BCUT2D eigenvalue weighted by atomic mass is 16.4. The number of carboxylic acid groups (broad SMARTS) is 1. The largest absolute Gasteiger partial charge is 0.480 e. The summed E-state index contributed by atoms with van der Waals surface area (Å²) in [4.78, 5) is 20.9. The predicted octanol–water partition coefficient (Wildman–Crippen LogP) is 3.57. The molecule has 0 aliphatic carbocycles. The lowest BCUT2D eigenvalue weighted by molar-refractivity contribution is -0.143. The number of carbonyl (C=O) groups is 1. The van der Waals surface area contributed by atoms with Crippen molar-refractivity contribution >= 4 is 16.7 Å². The molecule has 1 aliphatic heterocycles. The maximum absolute atomic E-state index is 12.3. The van der Waals surface area contributed by atoms with E-state index in [2.05, 4.69) is 14.8 Å². The van der Waals surface area contributed by atoms with Crippen LogP contribution in [0.2, 0.25) is 0 Å². The SMILES string of the molecule is O=C(O)C(c1cccc2ccccc12)N1CCCN(Cc2ccncc2)CC1. The maximum atomic E-state index is 12.3. The van der Waals surface area contributed by atoms with Crippen molar-refractivity contribution in [3.63, 3.8) is 0 Å². The van der Waals surface area contributed by atoms with E-state index in [0.29, 0.717) is 0 Å². The highest BCUT2D eigenvalue weighted by molar-refractivity contribution is 5.90. The Labute approximate surface area is 165 Å². The van der Waals surface area contributed by atoms with Gasteiger partial charge in [-0.05, 0) is 47.0 Å². The summed E-state index contributed by atoms with van der Waals surface area (Å²) in [5.41, 5.74) is 2.13. The molecule has 0 amide bonds. The van der Waals surface area contributed by atoms with Crippen LogP contribution in [0, 0.1) is 0 Å². The Kier molecular flexibility index (Phi) is 5.65. The van der Waals surface area contributed by atoms with E-state index in [1.165, 1.54) is 5.56 Å². The zero-order valence-corrected chi connectivity index (χ0v) is 15.9. The number of fused-ring (bicyclic) bond motifs is 1. The zero-order valence-electron chi connectivity index (χ0n) is 15.9. The average molecular weight is 375 g/mol. The molecule has 1 aromatic heterocycles. The number of hydrogen-bond acceptors (Lipinski definition) is 4. The highest BCUT2D eigenvalue weighted by Gasteiger charge is 2.30. The van der Waals surface area contributed by atoms with Gasteiger partial charge < -0.3 is 5.11 Å². The summed E-state index contributed by atoms with van der Waals surface area (Å²) in [5, 5.41) is 12.2. The van der Waals surface area contributed by atoms with Crippen molar-refractivity contribution < 1.29 is 9.90 Å². The lowest BCUT2D eigenvalue weighted by Gasteiger charge is -2.28. The van der Waals surface area contributed by atoms with Gasteiger partial charge in [0.2, 0.25) is 0 Å². The Balaban J connectivity index is 1.55. The van der Waals surface area contributed by atoms with Crippen molar-refractivity contribution in [2.24, 2.45) is 0 Å². The molecule has 0 saturated carbocycles. The molecule has 1 unspecified atom stereocenters. The summed E-state index contributed by atoms with van der Waals surface area (Å²) < 4.78 is 0. The monoisotopic (exact) mass is 375 g/mol. The quantitative estimate of drug-likeness (QED) is 0.739. The highest BCUT2D eigenvalue weighted by Crippen LogP contribution is 2.29. The van der Waals surface area contributed by atoms with Gasteiger partial charge >= 0.3 is 5.97 Å². The van der Waals surface area contributed by atoms with E-state index in [9.17, 15) is 9.90 Å². The van der Waals surface area contributed by atoms with E-state index >= 15 is 0 Å². The molecule has 1 N–H and O–H groups in total. The van der Waals surface area contributed by atoms with Gasteiger partial charge in [-0.2, -0.15) is 0 Å². The van der Waals surface area contributed by atoms with Crippen molar-refractivity contribution in [2.75, 3.05) is 26.2 Å². The van der Waals surface area contributed by atoms with Gasteiger partial charge in [-0.3, -0.25) is 19.6 Å². The first kappa shape index (κ1) is 18.6. The third-order valence-electron chi connectivity index (χ3n) is 5.50. The van der Waals surface area contributed by atoms with Gasteiger partial charge in [0.15, 0.2) is 0 Å². The van der Waals surface area contributed by atoms with Gasteiger partial charge in [-0.25, -0.2) is 0 Å². The van der Waals surface area contributed by atoms with Gasteiger partial charge in [0.1, 0.15) is 6.04 Å². The van der Waals surface area contributed by atoms with Crippen molar-refractivity contribution in [2.45, 2.75) is 19.0 Å². The molecular formula is C23H25N3O2. The van der Waals surface area contributed by atoms with Gasteiger partial charge in [-0.1, -0.05) is 42.5 Å². The van der Waals surface area contributed by atoms with E-state index in [4.69, 9.17) is 0 Å². The number of nitrogens with zero attached hydrogens (tertiary/aromatic N) is 3. The van der Waals surface area contributed by atoms with Crippen molar-refractivity contribution in [3.8, 4) is 0 Å². The second kappa shape index (κ2) is 8.50. The Morgan fingerprint density at radius 1 is 0.964 bits per heavy atom. The number of carboxylic acids is 1. The third kappa shape index (κ3) is 4.06. The van der Waals surface area contributed by atoms with Crippen LogP contribution in [0.5, 0.6) is 0 Å². The fourth-order valence-electron chi connectivity index (χ4n) is 4.13. The number of hydrogen-bond donors (Lipinski definition) is 1. The van der Waals surface area contributed by atoms with Crippen molar-refractivity contribution in [1.29, 1.82) is 0 Å². The minimum Gasteiger partial charge on any atom is -0.480 e. The van der Waals surface area contributed by atoms with Crippen LogP contribution in [0.15, 0.2) is 67.0 Å². The molecule has 2 heterocycles. The fourth-order valence-corrected chi connectivity index (χ4v) is 4.13. The van der Waals surface area contributed by atoms with Crippen LogP contribution in [0.4, 0.5) is 0 Å². The number of rotatable bonds is 5. The van der Waals surface area contributed by atoms with E-state index in [0.717, 1.165) is 55.5 Å². The summed E-state index contributed by atoms with van der Waals surface area (Å²) in [6, 6.07) is 17.4. The van der Waals surface area contributed by atoms with Crippen LogP contribution in [0.3, 0.4) is 0 Å². The van der Waals surface area contributed by atoms with Crippen molar-refractivity contribution in [1.82, 2.24) is 14.8 Å². The molecule has 144 valence electrons. The summed E-state index contributed by atoms with van der Waals surface area (Å²) in [6.45, 7) is 4.23. The first-order valence-corrected chi connectivity index (χ1v) is 9.78. The maximum Gasteiger partial charge on any atom is 0.325 e. The number of aromatic nitrogens is 1. The number of aliphatic carboxylic acids is 1. The summed E-state index contributed by atoms with van der Waals surface area (Å²) in [6.07, 6.45) is 4.60. The third-order valence-corrected chi connectivity index (χ3v) is 5.50. The van der Waals surface area contributed by atoms with Crippen LogP contribution in [0.1, 0.15) is 23.6 Å². The van der Waals surface area contributed by atoms with Crippen molar-refractivity contribution in [3.05, 3.63) is 78.1 Å². The molecule has 1 fully saturated rings. The molecule has 0 bridgehead atoms. The number of pyridine rings is 1. The average Bonchev–Trinajstić information content (AvgIpc) is 2.94. The molecule has 0 radical (unpaired) electrons. The Bertz CT molecular complexity index is 939. The summed E-state index contributed by atoms with van der Waals surface area (Å²) in [5.74, 6) is -0.779. The minimum absolute atomic E-state index is 0.619. The van der Waals surface area contributed by atoms with E-state index in [-0.39, 0.29) is 0 Å². The van der Waals surface area contributed by atoms with E-state index in [1.54, 1.807) is 0 Å². The molecular weight excluding hydrogens is 350 g/mol. The van der Waals surface area contributed by atoms with Crippen LogP contribution >= 0.6 is 0 Å². The lowest BCUT2D eigenvalue weighted by Crippen LogP contribution is -2.37. The molecule has 0 spiro atoms. The molecule has 1 atom stereocenters. The van der Waals surface area contributed by atoms with Crippen LogP contribution in [-0.2, 0) is 11.3 Å². The van der Waals surface area contributed by atoms with Crippen LogP contribution < -0.4 is 0 Å². The molecule has 3 aromatic rings. The second-order valence-electron chi connectivity index (χ2n) is 7.33. The second-order valence-corrected chi connectivity index (χ2v) is 7.33. The molecule has 5 nitrogen and oxygen atoms in total. The molecule has 4 rings (SSSR count). The Morgan fingerprint density at radius 2 is 1.75 bits per heavy atom. The molecule has 5 heteroatoms. The Hall–Kier alpha value is -2.76. The van der Waals surface area contributed by atoms with Crippen LogP contribution in [-0.4, -0.2) is 52.0 Å². The normalized spacial score (nSPS) is 17.3. The molecule has 28 heavy (non-hydrogen) atoms. The van der Waals surface area contributed by atoms with Gasteiger partial charge in [0.25, 0.3) is 0 Å².